The van der Waals surface area contributed by atoms with Crippen LogP contribution in [0.3, 0.4) is 0 Å². The molecule has 1 aromatic carbocycles. The minimum atomic E-state index is -4.55. The lowest BCUT2D eigenvalue weighted by atomic mass is 9.90. The monoisotopic (exact) mass is 550 g/mol. The first-order chi connectivity index (χ1) is 17.9. The van der Waals surface area contributed by atoms with Crippen molar-refractivity contribution in [2.24, 2.45) is 0 Å². The van der Waals surface area contributed by atoms with Crippen LogP contribution >= 0.6 is 0 Å². The second-order valence-corrected chi connectivity index (χ2v) is 11.8. The van der Waals surface area contributed by atoms with Crippen molar-refractivity contribution in [1.82, 2.24) is 19.9 Å². The van der Waals surface area contributed by atoms with Crippen LogP contribution in [0.2, 0.25) is 0 Å². The molecule has 0 bridgehead atoms. The first-order valence-electron chi connectivity index (χ1n) is 12.7. The molecule has 206 valence electrons. The Morgan fingerprint density at radius 2 is 1.76 bits per heavy atom. The number of hydrogen-bond acceptors (Lipinski definition) is 7. The highest BCUT2D eigenvalue weighted by atomic mass is 32.2. The molecule has 1 saturated carbocycles. The molecular weight excluding hydrogens is 517 g/mol. The van der Waals surface area contributed by atoms with Crippen LogP contribution in [0.1, 0.15) is 44.6 Å². The van der Waals surface area contributed by atoms with Gasteiger partial charge >= 0.3 is 6.18 Å². The fourth-order valence-electron chi connectivity index (χ4n) is 4.73. The van der Waals surface area contributed by atoms with Crippen LogP contribution in [-0.2, 0) is 16.4 Å². The van der Waals surface area contributed by atoms with Gasteiger partial charge in [0.2, 0.25) is 16.0 Å². The number of halogens is 3. The summed E-state index contributed by atoms with van der Waals surface area (Å²) in [6.45, 7) is 2.05. The van der Waals surface area contributed by atoms with E-state index in [1.807, 2.05) is 19.1 Å². The minimum Gasteiger partial charge on any atom is -0.351 e. The number of benzene rings is 1. The van der Waals surface area contributed by atoms with E-state index in [9.17, 15) is 21.6 Å². The number of sulfonamides is 1. The molecule has 4 rings (SSSR count). The zero-order valence-corrected chi connectivity index (χ0v) is 22.5. The molecule has 1 fully saturated rings. The lowest BCUT2D eigenvalue weighted by Crippen LogP contribution is -2.36. The Morgan fingerprint density at radius 3 is 2.37 bits per heavy atom. The topological polar surface area (TPSA) is 100 Å². The van der Waals surface area contributed by atoms with Crippen LogP contribution in [0.25, 0.3) is 22.0 Å². The molecule has 0 spiro atoms. The van der Waals surface area contributed by atoms with Gasteiger partial charge in [0.25, 0.3) is 0 Å². The number of aromatic nitrogens is 3. The van der Waals surface area contributed by atoms with Crippen molar-refractivity contribution < 1.29 is 21.6 Å². The van der Waals surface area contributed by atoms with E-state index in [-0.39, 0.29) is 5.82 Å². The number of rotatable bonds is 9. The maximum absolute atomic E-state index is 12.4. The summed E-state index contributed by atoms with van der Waals surface area (Å²) < 4.78 is 63.2. The smallest absolute Gasteiger partial charge is 0.351 e. The molecule has 1 aliphatic carbocycles. The second-order valence-electron chi connectivity index (χ2n) is 9.95. The predicted molar refractivity (Wildman–Crippen MR) is 144 cm³/mol. The highest BCUT2D eigenvalue weighted by Gasteiger charge is 2.30. The van der Waals surface area contributed by atoms with Gasteiger partial charge in [-0.25, -0.2) is 23.4 Å². The van der Waals surface area contributed by atoms with E-state index in [4.69, 9.17) is 4.98 Å². The largest absolute Gasteiger partial charge is 0.390 e. The number of nitrogens with zero attached hydrogens (tertiary/aromatic N) is 4. The molecule has 12 heteroatoms. The normalized spacial score (nSPS) is 18.6. The van der Waals surface area contributed by atoms with E-state index in [1.165, 1.54) is 12.3 Å². The molecule has 0 unspecified atom stereocenters. The molecule has 2 heterocycles. The summed E-state index contributed by atoms with van der Waals surface area (Å²) >= 11 is 0. The maximum Gasteiger partial charge on any atom is 0.390 e. The number of anilines is 2. The van der Waals surface area contributed by atoms with Gasteiger partial charge in [-0.2, -0.15) is 13.2 Å². The van der Waals surface area contributed by atoms with Crippen molar-refractivity contribution >= 4 is 32.7 Å². The highest BCUT2D eigenvalue weighted by Crippen LogP contribution is 2.29. The van der Waals surface area contributed by atoms with Gasteiger partial charge in [0.05, 0.1) is 17.7 Å². The summed E-state index contributed by atoms with van der Waals surface area (Å²) in [5.41, 5.74) is 3.51. The van der Waals surface area contributed by atoms with Gasteiger partial charge in [0, 0.05) is 35.4 Å². The van der Waals surface area contributed by atoms with Gasteiger partial charge in [0.15, 0.2) is 0 Å². The molecule has 2 aromatic heterocycles. The maximum atomic E-state index is 12.4. The first kappa shape index (κ1) is 28.0. The SMILES string of the molecule is CCc1cc(-c2ccc(NS(=O)(=O)CCC(F)(F)F)nc2)cc2cnc(N[C@H]3CC[C@H](N(C)C)CC3)nc12. The lowest BCUT2D eigenvalue weighted by Gasteiger charge is -2.32. The average molecular weight is 551 g/mol. The van der Waals surface area contributed by atoms with E-state index in [2.05, 4.69) is 39.0 Å². The van der Waals surface area contributed by atoms with Crippen LogP contribution in [0.15, 0.2) is 36.7 Å². The number of nitrogens with one attached hydrogen (secondary N) is 2. The van der Waals surface area contributed by atoms with Crippen LogP contribution < -0.4 is 10.0 Å². The molecule has 8 nitrogen and oxygen atoms in total. The van der Waals surface area contributed by atoms with Crippen molar-refractivity contribution in [3.05, 3.63) is 42.2 Å². The van der Waals surface area contributed by atoms with Crippen molar-refractivity contribution in [2.75, 3.05) is 29.9 Å². The summed E-state index contributed by atoms with van der Waals surface area (Å²) in [5.74, 6) is -0.471. The predicted octanol–water partition coefficient (Wildman–Crippen LogP) is 5.23. The fourth-order valence-corrected chi connectivity index (χ4v) is 5.77. The first-order valence-corrected chi connectivity index (χ1v) is 14.3. The van der Waals surface area contributed by atoms with E-state index >= 15 is 0 Å². The molecule has 0 radical (unpaired) electrons. The van der Waals surface area contributed by atoms with Gasteiger partial charge in [-0.1, -0.05) is 6.92 Å². The van der Waals surface area contributed by atoms with E-state index in [0.717, 1.165) is 59.7 Å². The summed E-state index contributed by atoms with van der Waals surface area (Å²) in [6.07, 6.45) is 2.50. The van der Waals surface area contributed by atoms with Crippen molar-refractivity contribution in [3.63, 3.8) is 0 Å². The summed E-state index contributed by atoms with van der Waals surface area (Å²) in [6, 6.07) is 8.05. The molecule has 0 aliphatic heterocycles. The number of alkyl halides is 3. The Bertz CT molecular complexity index is 1360. The molecule has 3 aromatic rings. The highest BCUT2D eigenvalue weighted by molar-refractivity contribution is 7.92. The Balaban J connectivity index is 1.48. The van der Waals surface area contributed by atoms with Crippen LogP contribution in [0, 0.1) is 0 Å². The van der Waals surface area contributed by atoms with Crippen LogP contribution in [-0.4, -0.2) is 66.4 Å². The van der Waals surface area contributed by atoms with Gasteiger partial charge in [-0.3, -0.25) is 4.72 Å². The molecular formula is C26H33F3N6O2S. The standard InChI is InChI=1S/C26H33F3N6O2S/c1-4-17-13-19(18-5-10-23(30-15-18)34-38(36,37)12-11-26(27,28)29)14-20-16-31-25(33-24(17)20)32-21-6-8-22(9-7-21)35(2)3/h5,10,13-16,21-22H,4,6-9,11-12H2,1-3H3,(H,30,34)(H,31,32,33)/t21-,22-. The van der Waals surface area contributed by atoms with Gasteiger partial charge in [-0.05, 0) is 81.6 Å². The third kappa shape index (κ3) is 7.31. The van der Waals surface area contributed by atoms with Crippen LogP contribution in [0.4, 0.5) is 24.9 Å². The molecule has 38 heavy (non-hydrogen) atoms. The summed E-state index contributed by atoms with van der Waals surface area (Å²) in [4.78, 5) is 15.7. The van der Waals surface area contributed by atoms with E-state index in [0.29, 0.717) is 18.0 Å². The average Bonchev–Trinajstić information content (AvgIpc) is 2.87. The van der Waals surface area contributed by atoms with E-state index < -0.39 is 28.4 Å². The molecule has 0 atom stereocenters. The Hall–Kier alpha value is -2.99. The van der Waals surface area contributed by atoms with Gasteiger partial charge < -0.3 is 10.2 Å². The zero-order valence-electron chi connectivity index (χ0n) is 21.7. The zero-order chi connectivity index (χ0) is 27.5. The number of fused-ring (bicyclic) bond motifs is 1. The molecule has 0 amide bonds. The second kappa shape index (κ2) is 11.4. The Kier molecular flexibility index (Phi) is 8.41. The molecule has 1 aliphatic rings. The third-order valence-electron chi connectivity index (χ3n) is 6.91. The van der Waals surface area contributed by atoms with Gasteiger partial charge in [-0.15, -0.1) is 0 Å². The fraction of sp³-hybridized carbons (Fsp3) is 0.500. The summed E-state index contributed by atoms with van der Waals surface area (Å²) in [7, 11) is 0.0865. The lowest BCUT2D eigenvalue weighted by molar-refractivity contribution is -0.129. The van der Waals surface area contributed by atoms with Crippen molar-refractivity contribution in [2.45, 2.75) is 63.7 Å². The molecule has 0 saturated heterocycles. The third-order valence-corrected chi connectivity index (χ3v) is 8.18. The Labute approximate surface area is 221 Å². The number of pyridine rings is 1. The van der Waals surface area contributed by atoms with E-state index in [1.54, 1.807) is 12.3 Å². The van der Waals surface area contributed by atoms with Crippen molar-refractivity contribution in [3.8, 4) is 11.1 Å². The summed E-state index contributed by atoms with van der Waals surface area (Å²) in [5, 5.41) is 4.38. The molecule has 2 N–H and O–H groups in total. The van der Waals surface area contributed by atoms with Crippen LogP contribution in [0.5, 0.6) is 0 Å². The number of aryl methyl sites for hydroxylation is 1. The Morgan fingerprint density at radius 1 is 1.03 bits per heavy atom. The minimum absolute atomic E-state index is 0.0360. The number of hydrogen-bond donors (Lipinski definition) is 2. The van der Waals surface area contributed by atoms with Crippen molar-refractivity contribution in [1.29, 1.82) is 0 Å². The quantitative estimate of drug-likeness (QED) is 0.376. The van der Waals surface area contributed by atoms with Gasteiger partial charge in [0.1, 0.15) is 5.82 Å².